The summed E-state index contributed by atoms with van der Waals surface area (Å²) in [6.45, 7) is 6.96. The molecule has 1 rings (SSSR count). The van der Waals surface area contributed by atoms with E-state index in [-0.39, 0.29) is 5.78 Å². The predicted molar refractivity (Wildman–Crippen MR) is 75.2 cm³/mol. The van der Waals surface area contributed by atoms with Gasteiger partial charge in [0.05, 0.1) is 10.9 Å². The van der Waals surface area contributed by atoms with Crippen molar-refractivity contribution in [3.8, 4) is 0 Å². The molecule has 1 amide bonds. The fourth-order valence-electron chi connectivity index (χ4n) is 1.22. The van der Waals surface area contributed by atoms with E-state index < -0.39 is 17.7 Å². The summed E-state index contributed by atoms with van der Waals surface area (Å²) in [7, 11) is 0. The van der Waals surface area contributed by atoms with Crippen LogP contribution in [0, 0.1) is 0 Å². The van der Waals surface area contributed by atoms with Crippen LogP contribution in [0.5, 0.6) is 0 Å². The molecule has 0 spiro atoms. The quantitative estimate of drug-likeness (QED) is 0.859. The zero-order valence-corrected chi connectivity index (χ0v) is 13.1. The topological polar surface area (TPSA) is 55.4 Å². The fourth-order valence-corrected chi connectivity index (χ4v) is 2.81. The van der Waals surface area contributed by atoms with Gasteiger partial charge in [-0.25, -0.2) is 4.79 Å². The van der Waals surface area contributed by atoms with E-state index in [9.17, 15) is 9.59 Å². The molecule has 0 aliphatic carbocycles. The lowest BCUT2D eigenvalue weighted by Gasteiger charge is -2.21. The molecule has 1 atom stereocenters. The van der Waals surface area contributed by atoms with Crippen LogP contribution in [0.25, 0.3) is 0 Å². The van der Waals surface area contributed by atoms with E-state index in [1.54, 1.807) is 33.8 Å². The SMILES string of the molecule is CC(NC(=O)OC(C)(C)C)C(=O)c1sccc1Br. The van der Waals surface area contributed by atoms with Gasteiger partial charge in [-0.05, 0) is 55.1 Å². The van der Waals surface area contributed by atoms with E-state index in [1.807, 2.05) is 5.38 Å². The summed E-state index contributed by atoms with van der Waals surface area (Å²) >= 11 is 4.63. The van der Waals surface area contributed by atoms with E-state index in [0.29, 0.717) is 4.88 Å². The second kappa shape index (κ2) is 5.84. The number of hydrogen-bond acceptors (Lipinski definition) is 4. The van der Waals surface area contributed by atoms with E-state index in [1.165, 1.54) is 11.3 Å². The number of thiophene rings is 1. The van der Waals surface area contributed by atoms with Gasteiger partial charge in [-0.3, -0.25) is 4.79 Å². The lowest BCUT2D eigenvalue weighted by molar-refractivity contribution is 0.0497. The first-order valence-corrected chi connectivity index (χ1v) is 7.14. The Morgan fingerprint density at radius 1 is 1.44 bits per heavy atom. The van der Waals surface area contributed by atoms with E-state index >= 15 is 0 Å². The number of carbonyl (C=O) groups is 2. The molecule has 6 heteroatoms. The monoisotopic (exact) mass is 333 g/mol. The first-order valence-electron chi connectivity index (χ1n) is 5.47. The van der Waals surface area contributed by atoms with Gasteiger partial charge in [-0.15, -0.1) is 11.3 Å². The molecule has 0 aliphatic heterocycles. The molecule has 1 heterocycles. The second-order valence-electron chi connectivity index (χ2n) is 4.83. The number of Topliss-reactive ketones (excluding diaryl/α,β-unsaturated/α-hetero) is 1. The van der Waals surface area contributed by atoms with Gasteiger partial charge in [0.1, 0.15) is 5.60 Å². The summed E-state index contributed by atoms with van der Waals surface area (Å²) in [5, 5.41) is 4.34. The van der Waals surface area contributed by atoms with Crippen molar-refractivity contribution < 1.29 is 14.3 Å². The van der Waals surface area contributed by atoms with Crippen LogP contribution >= 0.6 is 27.3 Å². The molecule has 100 valence electrons. The van der Waals surface area contributed by atoms with Gasteiger partial charge in [0.2, 0.25) is 0 Å². The third-order valence-electron chi connectivity index (χ3n) is 1.97. The summed E-state index contributed by atoms with van der Waals surface area (Å²) in [6.07, 6.45) is -0.587. The van der Waals surface area contributed by atoms with Crippen LogP contribution in [0.1, 0.15) is 37.4 Å². The average molecular weight is 334 g/mol. The molecule has 1 N–H and O–H groups in total. The lowest BCUT2D eigenvalue weighted by atomic mass is 10.2. The molecule has 1 aromatic heterocycles. The minimum absolute atomic E-state index is 0.136. The van der Waals surface area contributed by atoms with Crippen LogP contribution in [0.3, 0.4) is 0 Å². The molecule has 0 saturated carbocycles. The van der Waals surface area contributed by atoms with Gasteiger partial charge in [-0.2, -0.15) is 0 Å². The molecule has 0 radical (unpaired) electrons. The van der Waals surface area contributed by atoms with Crippen molar-refractivity contribution in [2.75, 3.05) is 0 Å². The normalized spacial score (nSPS) is 12.9. The number of amides is 1. The Bertz CT molecular complexity index is 450. The van der Waals surface area contributed by atoms with Crippen molar-refractivity contribution in [1.29, 1.82) is 0 Å². The van der Waals surface area contributed by atoms with Gasteiger partial charge in [0.15, 0.2) is 5.78 Å². The Balaban J connectivity index is 2.61. The fraction of sp³-hybridized carbons (Fsp3) is 0.500. The van der Waals surface area contributed by atoms with Crippen molar-refractivity contribution in [1.82, 2.24) is 5.32 Å². The van der Waals surface area contributed by atoms with Gasteiger partial charge in [0.25, 0.3) is 0 Å². The van der Waals surface area contributed by atoms with Crippen LogP contribution in [-0.4, -0.2) is 23.5 Å². The molecule has 1 aromatic rings. The molecule has 1 unspecified atom stereocenters. The van der Waals surface area contributed by atoms with Crippen molar-refractivity contribution in [3.63, 3.8) is 0 Å². The highest BCUT2D eigenvalue weighted by molar-refractivity contribution is 9.10. The van der Waals surface area contributed by atoms with Crippen LogP contribution in [0.15, 0.2) is 15.9 Å². The van der Waals surface area contributed by atoms with Crippen LogP contribution < -0.4 is 5.32 Å². The van der Waals surface area contributed by atoms with Gasteiger partial charge in [-0.1, -0.05) is 0 Å². The summed E-state index contributed by atoms with van der Waals surface area (Å²) in [4.78, 5) is 24.2. The number of halogens is 1. The number of carbonyl (C=O) groups excluding carboxylic acids is 2. The van der Waals surface area contributed by atoms with E-state index in [4.69, 9.17) is 4.74 Å². The maximum absolute atomic E-state index is 12.0. The Morgan fingerprint density at radius 2 is 2.06 bits per heavy atom. The molecule has 0 saturated heterocycles. The van der Waals surface area contributed by atoms with Gasteiger partial charge in [0, 0.05) is 4.47 Å². The highest BCUT2D eigenvalue weighted by atomic mass is 79.9. The smallest absolute Gasteiger partial charge is 0.408 e. The molecular weight excluding hydrogens is 318 g/mol. The summed E-state index contributed by atoms with van der Waals surface area (Å²) in [5.74, 6) is -0.136. The van der Waals surface area contributed by atoms with E-state index in [2.05, 4.69) is 21.2 Å². The number of nitrogens with one attached hydrogen (secondary N) is 1. The Kier molecular flexibility index (Phi) is 4.92. The lowest BCUT2D eigenvalue weighted by Crippen LogP contribution is -2.41. The van der Waals surface area contributed by atoms with Crippen molar-refractivity contribution in [3.05, 3.63) is 20.8 Å². The number of ether oxygens (including phenoxy) is 1. The first-order chi connectivity index (χ1) is 8.20. The third kappa shape index (κ3) is 4.42. The number of alkyl carbamates (subject to hydrolysis) is 1. The maximum atomic E-state index is 12.0. The Hall–Kier alpha value is -0.880. The maximum Gasteiger partial charge on any atom is 0.408 e. The number of rotatable bonds is 3. The number of hydrogen-bond donors (Lipinski definition) is 1. The summed E-state index contributed by atoms with van der Waals surface area (Å²) < 4.78 is 5.84. The zero-order chi connectivity index (χ0) is 13.9. The molecule has 0 fully saturated rings. The van der Waals surface area contributed by atoms with Crippen LogP contribution in [0.2, 0.25) is 0 Å². The Labute approximate surface area is 119 Å². The Morgan fingerprint density at radius 3 is 2.50 bits per heavy atom. The molecule has 0 aliphatic rings. The zero-order valence-electron chi connectivity index (χ0n) is 10.7. The van der Waals surface area contributed by atoms with Gasteiger partial charge >= 0.3 is 6.09 Å². The molecule has 0 aromatic carbocycles. The average Bonchev–Trinajstić information content (AvgIpc) is 2.60. The summed E-state index contributed by atoms with van der Waals surface area (Å²) in [5.41, 5.74) is -0.573. The molecule has 0 bridgehead atoms. The predicted octanol–water partition coefficient (Wildman–Crippen LogP) is 3.61. The minimum Gasteiger partial charge on any atom is -0.444 e. The van der Waals surface area contributed by atoms with Crippen LogP contribution in [0.4, 0.5) is 4.79 Å². The van der Waals surface area contributed by atoms with Crippen LogP contribution in [-0.2, 0) is 4.74 Å². The largest absolute Gasteiger partial charge is 0.444 e. The van der Waals surface area contributed by atoms with Crippen molar-refractivity contribution >= 4 is 39.1 Å². The highest BCUT2D eigenvalue weighted by Gasteiger charge is 2.23. The van der Waals surface area contributed by atoms with Gasteiger partial charge < -0.3 is 10.1 Å². The first kappa shape index (κ1) is 15.2. The molecule has 18 heavy (non-hydrogen) atoms. The third-order valence-corrected chi connectivity index (χ3v) is 3.82. The highest BCUT2D eigenvalue weighted by Crippen LogP contribution is 2.24. The van der Waals surface area contributed by atoms with Crippen molar-refractivity contribution in [2.24, 2.45) is 0 Å². The standard InChI is InChI=1S/C12H16BrNO3S/c1-7(14-11(16)17-12(2,3)4)9(15)10-8(13)5-6-18-10/h5-7H,1-4H3,(H,14,16). The van der Waals surface area contributed by atoms with Crippen molar-refractivity contribution in [2.45, 2.75) is 39.3 Å². The second-order valence-corrected chi connectivity index (χ2v) is 6.60. The molecular formula is C12H16BrNO3S. The van der Waals surface area contributed by atoms with E-state index in [0.717, 1.165) is 4.47 Å². The molecule has 4 nitrogen and oxygen atoms in total. The minimum atomic E-state index is -0.616. The number of ketones is 1. The summed E-state index contributed by atoms with van der Waals surface area (Å²) in [6, 6.07) is 1.19.